The van der Waals surface area contributed by atoms with Crippen LogP contribution in [0.15, 0.2) is 23.3 Å². The zero-order valence-electron chi connectivity index (χ0n) is 13.4. The summed E-state index contributed by atoms with van der Waals surface area (Å²) >= 11 is 11.5. The number of ether oxygens (including phenoxy) is 2. The molecule has 1 N–H and O–H groups in total. The summed E-state index contributed by atoms with van der Waals surface area (Å²) in [6.07, 6.45) is 4.50. The fourth-order valence-electron chi connectivity index (χ4n) is 2.46. The second kappa shape index (κ2) is 7.92. The van der Waals surface area contributed by atoms with E-state index >= 15 is 0 Å². The van der Waals surface area contributed by atoms with Gasteiger partial charge in [-0.25, -0.2) is 0 Å². The van der Waals surface area contributed by atoms with Gasteiger partial charge in [-0.05, 0) is 55.2 Å². The molecule has 3 rings (SSSR count). The van der Waals surface area contributed by atoms with Gasteiger partial charge in [-0.1, -0.05) is 18.5 Å². The highest BCUT2D eigenvalue weighted by Gasteiger charge is 2.23. The summed E-state index contributed by atoms with van der Waals surface area (Å²) < 4.78 is 13.3. The van der Waals surface area contributed by atoms with Crippen molar-refractivity contribution in [1.82, 2.24) is 14.9 Å². The highest BCUT2D eigenvalue weighted by atomic mass is 35.5. The normalized spacial score (nSPS) is 17.7. The van der Waals surface area contributed by atoms with E-state index in [0.29, 0.717) is 28.0 Å². The molecule has 1 fully saturated rings. The van der Waals surface area contributed by atoms with E-state index in [1.165, 1.54) is 0 Å². The van der Waals surface area contributed by atoms with E-state index < -0.39 is 0 Å². The van der Waals surface area contributed by atoms with Crippen LogP contribution in [0.1, 0.15) is 43.7 Å². The number of hydrogen-bond donors (Lipinski definition) is 1. The molecule has 0 bridgehead atoms. The van der Waals surface area contributed by atoms with E-state index in [-0.39, 0.29) is 6.10 Å². The molecule has 1 aliphatic rings. The molecular formula is C16H19ClN4O2S. The van der Waals surface area contributed by atoms with E-state index in [1.54, 1.807) is 10.9 Å². The first-order valence-corrected chi connectivity index (χ1v) is 8.73. The highest BCUT2D eigenvalue weighted by Crippen LogP contribution is 2.27. The van der Waals surface area contributed by atoms with Crippen LogP contribution in [0.2, 0.25) is 5.02 Å². The van der Waals surface area contributed by atoms with Gasteiger partial charge in [0.25, 0.3) is 0 Å². The van der Waals surface area contributed by atoms with Crippen molar-refractivity contribution < 1.29 is 9.47 Å². The van der Waals surface area contributed by atoms with Crippen molar-refractivity contribution >= 4 is 30.0 Å². The molecule has 128 valence electrons. The first kappa shape index (κ1) is 17.1. The Morgan fingerprint density at radius 3 is 3.17 bits per heavy atom. The smallest absolute Gasteiger partial charge is 0.216 e. The molecule has 2 aromatic rings. The molecule has 1 aromatic carbocycles. The van der Waals surface area contributed by atoms with Gasteiger partial charge in [-0.2, -0.15) is 14.9 Å². The zero-order chi connectivity index (χ0) is 16.9. The SMILES string of the molecule is CCCOc1ccc(/C=N\n2c(C3CCCO3)n[nH]c2=S)cc1Cl. The highest BCUT2D eigenvalue weighted by molar-refractivity contribution is 7.71. The van der Waals surface area contributed by atoms with Gasteiger partial charge in [0, 0.05) is 6.61 Å². The lowest BCUT2D eigenvalue weighted by molar-refractivity contribution is 0.102. The first-order valence-electron chi connectivity index (χ1n) is 7.94. The van der Waals surface area contributed by atoms with Gasteiger partial charge in [0.1, 0.15) is 11.9 Å². The Balaban J connectivity index is 1.80. The Bertz CT molecular complexity index is 781. The molecule has 0 spiro atoms. The molecular weight excluding hydrogens is 348 g/mol. The second-order valence-electron chi connectivity index (χ2n) is 5.48. The fourth-order valence-corrected chi connectivity index (χ4v) is 2.89. The van der Waals surface area contributed by atoms with E-state index in [0.717, 1.165) is 31.4 Å². The minimum atomic E-state index is -0.0662. The number of aromatic nitrogens is 3. The predicted octanol–water partition coefficient (Wildman–Crippen LogP) is 4.12. The fraction of sp³-hybridized carbons (Fsp3) is 0.438. The van der Waals surface area contributed by atoms with Crippen LogP contribution in [0.4, 0.5) is 0 Å². The summed E-state index contributed by atoms with van der Waals surface area (Å²) in [6.45, 7) is 3.43. The predicted molar refractivity (Wildman–Crippen MR) is 95.6 cm³/mol. The summed E-state index contributed by atoms with van der Waals surface area (Å²) in [4.78, 5) is 0. The lowest BCUT2D eigenvalue weighted by Gasteiger charge is -2.08. The third kappa shape index (κ3) is 3.85. The van der Waals surface area contributed by atoms with Gasteiger partial charge in [-0.3, -0.25) is 5.10 Å². The number of nitrogens with zero attached hydrogens (tertiary/aromatic N) is 3. The molecule has 0 saturated carbocycles. The average molecular weight is 367 g/mol. The van der Waals surface area contributed by atoms with E-state index in [2.05, 4.69) is 22.2 Å². The van der Waals surface area contributed by atoms with Gasteiger partial charge in [0.2, 0.25) is 4.77 Å². The van der Waals surface area contributed by atoms with Crippen molar-refractivity contribution in [2.75, 3.05) is 13.2 Å². The summed E-state index contributed by atoms with van der Waals surface area (Å²) in [7, 11) is 0. The molecule has 0 radical (unpaired) electrons. The summed E-state index contributed by atoms with van der Waals surface area (Å²) in [6, 6.07) is 5.55. The van der Waals surface area contributed by atoms with E-state index in [4.69, 9.17) is 33.3 Å². The van der Waals surface area contributed by atoms with Crippen LogP contribution < -0.4 is 4.74 Å². The number of hydrogen-bond acceptors (Lipinski definition) is 5. The molecule has 8 heteroatoms. The van der Waals surface area contributed by atoms with Crippen molar-refractivity contribution in [3.63, 3.8) is 0 Å². The number of benzene rings is 1. The van der Waals surface area contributed by atoms with Gasteiger partial charge >= 0.3 is 0 Å². The van der Waals surface area contributed by atoms with Gasteiger partial charge in [0.05, 0.1) is 17.8 Å². The van der Waals surface area contributed by atoms with Crippen molar-refractivity contribution in [1.29, 1.82) is 0 Å². The molecule has 1 aromatic heterocycles. The maximum absolute atomic E-state index is 6.24. The first-order chi connectivity index (χ1) is 11.7. The second-order valence-corrected chi connectivity index (χ2v) is 6.28. The monoisotopic (exact) mass is 366 g/mol. The molecule has 1 atom stereocenters. The van der Waals surface area contributed by atoms with Crippen LogP contribution in [0.5, 0.6) is 5.75 Å². The van der Waals surface area contributed by atoms with Crippen LogP contribution in [0, 0.1) is 4.77 Å². The lowest BCUT2D eigenvalue weighted by atomic mass is 10.2. The lowest BCUT2D eigenvalue weighted by Crippen LogP contribution is -2.05. The van der Waals surface area contributed by atoms with E-state index in [9.17, 15) is 0 Å². The maximum Gasteiger partial charge on any atom is 0.216 e. The number of H-pyrrole nitrogens is 1. The summed E-state index contributed by atoms with van der Waals surface area (Å²) in [5.41, 5.74) is 0.852. The van der Waals surface area contributed by atoms with Gasteiger partial charge < -0.3 is 9.47 Å². The minimum Gasteiger partial charge on any atom is -0.492 e. The number of rotatable bonds is 6. The molecule has 1 unspecified atom stereocenters. The Morgan fingerprint density at radius 2 is 2.46 bits per heavy atom. The summed E-state index contributed by atoms with van der Waals surface area (Å²) in [5, 5.41) is 12.0. The molecule has 1 saturated heterocycles. The van der Waals surface area contributed by atoms with Crippen molar-refractivity contribution in [2.24, 2.45) is 5.10 Å². The standard InChI is InChI=1S/C16H19ClN4O2S/c1-2-7-22-13-6-5-11(9-12(13)17)10-18-21-15(19-20-16(21)24)14-4-3-8-23-14/h5-6,9-10,14H,2-4,7-8H2,1H3,(H,20,24)/b18-10-. The van der Waals surface area contributed by atoms with Crippen molar-refractivity contribution in [3.05, 3.63) is 39.4 Å². The van der Waals surface area contributed by atoms with Crippen LogP contribution in [0.3, 0.4) is 0 Å². The number of nitrogens with one attached hydrogen (secondary N) is 1. The molecule has 2 heterocycles. The molecule has 0 amide bonds. The van der Waals surface area contributed by atoms with Crippen LogP contribution in [0.25, 0.3) is 0 Å². The van der Waals surface area contributed by atoms with E-state index in [1.807, 2.05) is 18.2 Å². The minimum absolute atomic E-state index is 0.0662. The summed E-state index contributed by atoms with van der Waals surface area (Å²) in [5.74, 6) is 1.37. The average Bonchev–Trinajstić information content (AvgIpc) is 3.21. The molecule has 24 heavy (non-hydrogen) atoms. The number of halogens is 1. The zero-order valence-corrected chi connectivity index (χ0v) is 14.9. The van der Waals surface area contributed by atoms with Crippen molar-refractivity contribution in [3.8, 4) is 5.75 Å². The van der Waals surface area contributed by atoms with Gasteiger partial charge in [0.15, 0.2) is 5.82 Å². The third-order valence-corrected chi connectivity index (χ3v) is 4.19. The van der Waals surface area contributed by atoms with Gasteiger partial charge in [-0.15, -0.1) is 0 Å². The van der Waals surface area contributed by atoms with Crippen molar-refractivity contribution in [2.45, 2.75) is 32.3 Å². The topological polar surface area (TPSA) is 64.4 Å². The van der Waals surface area contributed by atoms with Crippen LogP contribution in [-0.2, 0) is 4.74 Å². The molecule has 0 aliphatic carbocycles. The maximum atomic E-state index is 6.24. The Hall–Kier alpha value is -1.70. The Labute approximate surface area is 150 Å². The number of aromatic amines is 1. The van der Waals surface area contributed by atoms with Crippen LogP contribution >= 0.6 is 23.8 Å². The Morgan fingerprint density at radius 1 is 1.58 bits per heavy atom. The Kier molecular flexibility index (Phi) is 5.65. The quantitative estimate of drug-likeness (QED) is 0.617. The molecule has 6 nitrogen and oxygen atoms in total. The third-order valence-electron chi connectivity index (χ3n) is 3.63. The van der Waals surface area contributed by atoms with Crippen LogP contribution in [-0.4, -0.2) is 34.3 Å². The largest absolute Gasteiger partial charge is 0.492 e. The molecule has 1 aliphatic heterocycles.